The maximum Gasteiger partial charge on any atom is 0.249 e. The van der Waals surface area contributed by atoms with E-state index in [0.717, 1.165) is 24.4 Å². The predicted octanol–water partition coefficient (Wildman–Crippen LogP) is 6.18. The predicted molar refractivity (Wildman–Crippen MR) is 164 cm³/mol. The van der Waals surface area contributed by atoms with Gasteiger partial charge in [-0.1, -0.05) is 35.0 Å². The number of halogens is 6. The molecule has 228 valence electrons. The zero-order valence-corrected chi connectivity index (χ0v) is 24.4. The molecule has 0 aliphatic carbocycles. The van der Waals surface area contributed by atoms with E-state index in [1.54, 1.807) is 32.1 Å². The number of anilines is 3. The smallest absolute Gasteiger partial charge is 0.249 e. The minimum Gasteiger partial charge on any atom is -0.378 e. The van der Waals surface area contributed by atoms with Gasteiger partial charge in [0, 0.05) is 28.9 Å². The molecule has 0 aliphatic rings. The second-order valence-corrected chi connectivity index (χ2v) is 10.8. The van der Waals surface area contributed by atoms with Crippen molar-refractivity contribution in [2.45, 2.75) is 12.0 Å². The molecule has 0 spiro atoms. The van der Waals surface area contributed by atoms with Crippen molar-refractivity contribution < 1.29 is 22.0 Å². The molecule has 0 radical (unpaired) electrons. The van der Waals surface area contributed by atoms with Crippen molar-refractivity contribution in [2.24, 2.45) is 0 Å². The Morgan fingerprint density at radius 2 is 1.65 bits per heavy atom. The highest BCUT2D eigenvalue weighted by atomic mass is 35.5. The van der Waals surface area contributed by atoms with Crippen molar-refractivity contribution in [2.75, 3.05) is 10.6 Å². The fourth-order valence-electron chi connectivity index (χ4n) is 4.99. The van der Waals surface area contributed by atoms with Gasteiger partial charge in [0.05, 0.1) is 51.9 Å². The molecule has 0 bridgehead atoms. The van der Waals surface area contributed by atoms with Gasteiger partial charge >= 0.3 is 0 Å². The summed E-state index contributed by atoms with van der Waals surface area (Å²) < 4.78 is 71.4. The molecule has 0 amide bonds. The van der Waals surface area contributed by atoms with E-state index in [1.807, 2.05) is 6.07 Å². The molecule has 0 saturated heterocycles. The summed E-state index contributed by atoms with van der Waals surface area (Å²) in [6, 6.07) is 15.3. The molecule has 6 rings (SSSR count). The summed E-state index contributed by atoms with van der Waals surface area (Å²) in [5.74, 6) is -4.43. The molecule has 2 N–H and O–H groups in total. The number of hydrogen-bond acceptors (Lipinski definition) is 7. The number of nitrogens with one attached hydrogen (secondary N) is 2. The summed E-state index contributed by atoms with van der Waals surface area (Å²) in [7, 11) is 1.74. The molecule has 46 heavy (non-hydrogen) atoms. The first-order valence-electron chi connectivity index (χ1n) is 13.5. The highest BCUT2D eigenvalue weighted by molar-refractivity contribution is 6.36. The van der Waals surface area contributed by atoms with Gasteiger partial charge in [0.2, 0.25) is 5.95 Å². The van der Waals surface area contributed by atoms with Crippen molar-refractivity contribution in [3.8, 4) is 6.07 Å². The van der Waals surface area contributed by atoms with Crippen LogP contribution < -0.4 is 10.6 Å². The average Bonchev–Trinajstić information content (AvgIpc) is 3.51. The molecule has 15 heteroatoms. The van der Waals surface area contributed by atoms with Crippen LogP contribution in [0.4, 0.5) is 39.0 Å². The summed E-state index contributed by atoms with van der Waals surface area (Å²) in [6.07, 6.45) is 3.86. The Bertz CT molecular complexity index is 2130. The molecule has 0 saturated carbocycles. The van der Waals surface area contributed by atoms with Gasteiger partial charge in [0.15, 0.2) is 5.82 Å². The third-order valence-corrected chi connectivity index (χ3v) is 7.65. The van der Waals surface area contributed by atoms with Gasteiger partial charge in [-0.05, 0) is 42.0 Å². The SMILES string of the molecule is BC(Nc1cc(Cl)c2ncc(C#N)c(Nc3cnc(F)c(F)c3)c2c1)(c1ccc(F)cc1)c1cn(Cc2c(F)cccc2F)nn1. The lowest BCUT2D eigenvalue weighted by Crippen LogP contribution is -2.37. The van der Waals surface area contributed by atoms with Crippen LogP contribution in [0.2, 0.25) is 5.02 Å². The highest BCUT2D eigenvalue weighted by Gasteiger charge is 2.33. The van der Waals surface area contributed by atoms with Crippen molar-refractivity contribution in [3.05, 3.63) is 136 Å². The van der Waals surface area contributed by atoms with E-state index in [0.29, 0.717) is 27.8 Å². The van der Waals surface area contributed by atoms with E-state index in [2.05, 4.69) is 30.9 Å². The maximum atomic E-state index is 14.4. The topological polar surface area (TPSA) is 104 Å². The van der Waals surface area contributed by atoms with Crippen LogP contribution in [0.25, 0.3) is 10.9 Å². The first kappa shape index (κ1) is 30.5. The monoisotopic (exact) mass is 644 g/mol. The van der Waals surface area contributed by atoms with Crippen LogP contribution in [0, 0.1) is 40.5 Å². The maximum absolute atomic E-state index is 14.4. The normalized spacial score (nSPS) is 12.5. The Hall–Kier alpha value is -5.55. The molecule has 3 heterocycles. The lowest BCUT2D eigenvalue weighted by Gasteiger charge is -2.31. The van der Waals surface area contributed by atoms with E-state index in [9.17, 15) is 27.2 Å². The summed E-state index contributed by atoms with van der Waals surface area (Å²) in [5, 5.41) is 25.0. The minimum atomic E-state index is -1.28. The molecular weight excluding hydrogens is 626 g/mol. The number of rotatable bonds is 8. The molecular formula is C31H19BClF5N8. The summed E-state index contributed by atoms with van der Waals surface area (Å²) in [6.45, 7) is -0.247. The Morgan fingerprint density at radius 3 is 2.35 bits per heavy atom. The number of aromatic nitrogens is 5. The molecule has 8 nitrogen and oxygen atoms in total. The Morgan fingerprint density at radius 1 is 0.913 bits per heavy atom. The molecule has 3 aromatic carbocycles. The number of benzene rings is 3. The largest absolute Gasteiger partial charge is 0.378 e. The first-order valence-corrected chi connectivity index (χ1v) is 13.9. The lowest BCUT2D eigenvalue weighted by atomic mass is 9.69. The number of nitrogens with zero attached hydrogens (tertiary/aromatic N) is 6. The zero-order chi connectivity index (χ0) is 32.6. The zero-order valence-electron chi connectivity index (χ0n) is 23.7. The van der Waals surface area contributed by atoms with Gasteiger partial charge in [0.1, 0.15) is 37.1 Å². The van der Waals surface area contributed by atoms with Gasteiger partial charge in [-0.15, -0.1) is 5.10 Å². The number of pyridine rings is 2. The van der Waals surface area contributed by atoms with Crippen LogP contribution in [0.1, 0.15) is 22.4 Å². The molecule has 3 aromatic heterocycles. The quantitative estimate of drug-likeness (QED) is 0.116. The molecule has 0 aliphatic heterocycles. The summed E-state index contributed by atoms with van der Waals surface area (Å²) >= 11 is 6.66. The van der Waals surface area contributed by atoms with Crippen LogP contribution >= 0.6 is 11.6 Å². The first-order chi connectivity index (χ1) is 22.0. The minimum absolute atomic E-state index is 0.0661. The van der Waals surface area contributed by atoms with Crippen molar-refractivity contribution in [3.63, 3.8) is 0 Å². The Kier molecular flexibility index (Phi) is 8.01. The molecule has 6 aromatic rings. The van der Waals surface area contributed by atoms with Crippen LogP contribution in [0.3, 0.4) is 0 Å². The lowest BCUT2D eigenvalue weighted by molar-refractivity contribution is 0.480. The fourth-order valence-corrected chi connectivity index (χ4v) is 5.26. The summed E-state index contributed by atoms with van der Waals surface area (Å²) in [4.78, 5) is 7.69. The highest BCUT2D eigenvalue weighted by Crippen LogP contribution is 2.38. The van der Waals surface area contributed by atoms with Crippen LogP contribution in [0.5, 0.6) is 0 Å². The van der Waals surface area contributed by atoms with Gasteiger partial charge in [0.25, 0.3) is 0 Å². The molecule has 1 unspecified atom stereocenters. The van der Waals surface area contributed by atoms with E-state index in [-0.39, 0.29) is 34.1 Å². The van der Waals surface area contributed by atoms with Gasteiger partial charge in [-0.3, -0.25) is 4.98 Å². The third-order valence-electron chi connectivity index (χ3n) is 7.36. The Balaban J connectivity index is 1.45. The van der Waals surface area contributed by atoms with Crippen molar-refractivity contribution >= 4 is 47.4 Å². The standard InChI is InChI=1S/C31H19BClF5N8/c32-31(17-4-6-18(34)7-5-17,27-15-46(45-44-27)14-22-24(35)2-1-3-25(22)36)43-19-8-21-28(42-20-10-26(37)30(38)41-13-20)16(11-39)12-40-29(21)23(33)9-19/h1-10,12-13,15,43H,14,32H2,(H,40,42). The van der Waals surface area contributed by atoms with E-state index in [4.69, 9.17) is 11.6 Å². The number of nitriles is 1. The fraction of sp³-hybridized carbons (Fsp3) is 0.0645. The van der Waals surface area contributed by atoms with Gasteiger partial charge in [-0.2, -0.15) is 9.65 Å². The van der Waals surface area contributed by atoms with E-state index in [1.165, 1.54) is 35.3 Å². The van der Waals surface area contributed by atoms with Crippen LogP contribution in [-0.2, 0) is 12.0 Å². The van der Waals surface area contributed by atoms with E-state index >= 15 is 0 Å². The van der Waals surface area contributed by atoms with Crippen molar-refractivity contribution in [1.82, 2.24) is 25.0 Å². The van der Waals surface area contributed by atoms with Gasteiger partial charge < -0.3 is 10.6 Å². The molecule has 0 fully saturated rings. The second-order valence-electron chi connectivity index (χ2n) is 10.4. The van der Waals surface area contributed by atoms with Crippen molar-refractivity contribution in [1.29, 1.82) is 5.26 Å². The van der Waals surface area contributed by atoms with Gasteiger partial charge in [-0.25, -0.2) is 27.2 Å². The van der Waals surface area contributed by atoms with E-state index < -0.39 is 34.7 Å². The molecule has 1 atom stereocenters. The number of fused-ring (bicyclic) bond motifs is 1. The summed E-state index contributed by atoms with van der Waals surface area (Å²) in [5.41, 5.74) is 0.459. The number of hydrogen-bond donors (Lipinski definition) is 2. The third kappa shape index (κ3) is 5.80. The average molecular weight is 645 g/mol. The second kappa shape index (κ2) is 12.1. The van der Waals surface area contributed by atoms with Crippen LogP contribution in [0.15, 0.2) is 79.3 Å². The Labute approximate surface area is 263 Å². The van der Waals surface area contributed by atoms with Crippen LogP contribution in [-0.4, -0.2) is 32.8 Å².